The Balaban J connectivity index is 1.98. The molecule has 0 aromatic heterocycles. The first-order chi connectivity index (χ1) is 12.8. The molecule has 2 aromatic rings. The van der Waals surface area contributed by atoms with Crippen molar-refractivity contribution in [2.75, 3.05) is 6.61 Å². The maximum atomic E-state index is 12.5. The second-order valence-electron chi connectivity index (χ2n) is 5.20. The van der Waals surface area contributed by atoms with Crippen LogP contribution in [0.3, 0.4) is 0 Å². The number of halogens is 2. The van der Waals surface area contributed by atoms with Gasteiger partial charge in [0.05, 0.1) is 11.5 Å². The second kappa shape index (κ2) is 8.58. The molecule has 0 heterocycles. The van der Waals surface area contributed by atoms with E-state index in [4.69, 9.17) is 4.74 Å². The van der Waals surface area contributed by atoms with Crippen molar-refractivity contribution >= 4 is 21.7 Å². The highest BCUT2D eigenvalue weighted by Gasteiger charge is 2.26. The molecule has 2 rings (SSSR count). The van der Waals surface area contributed by atoms with Gasteiger partial charge in [0, 0.05) is 11.1 Å². The number of hydrogen-bond acceptors (Lipinski definition) is 5. The van der Waals surface area contributed by atoms with Crippen LogP contribution >= 0.6 is 0 Å². The summed E-state index contributed by atoms with van der Waals surface area (Å²) in [6.07, 6.45) is 0. The molecule has 0 radical (unpaired) electrons. The SMILES string of the molecule is CCOc1ccc(C(=O)NNC(=O)c2ccc(S(=O)(=O)C(F)F)cc2)cc1. The van der Waals surface area contributed by atoms with E-state index in [1.165, 1.54) is 12.1 Å². The number of benzene rings is 2. The lowest BCUT2D eigenvalue weighted by Crippen LogP contribution is -2.41. The Morgan fingerprint density at radius 1 is 0.926 bits per heavy atom. The predicted octanol–water partition coefficient (Wildman–Crippen LogP) is 2.16. The van der Waals surface area contributed by atoms with E-state index in [1.54, 1.807) is 12.1 Å². The lowest BCUT2D eigenvalue weighted by molar-refractivity contribution is 0.0846. The summed E-state index contributed by atoms with van der Waals surface area (Å²) >= 11 is 0. The van der Waals surface area contributed by atoms with Crippen LogP contribution < -0.4 is 15.6 Å². The van der Waals surface area contributed by atoms with Crippen LogP contribution in [0.2, 0.25) is 0 Å². The summed E-state index contributed by atoms with van der Waals surface area (Å²) < 4.78 is 52.9. The normalized spacial score (nSPS) is 11.1. The van der Waals surface area contributed by atoms with Gasteiger partial charge in [-0.1, -0.05) is 0 Å². The molecular weight excluding hydrogens is 382 g/mol. The van der Waals surface area contributed by atoms with Crippen LogP contribution in [0.4, 0.5) is 8.78 Å². The molecule has 144 valence electrons. The first-order valence-electron chi connectivity index (χ1n) is 7.71. The number of carbonyl (C=O) groups is 2. The number of nitrogens with one attached hydrogen (secondary N) is 2. The van der Waals surface area contributed by atoms with E-state index < -0.39 is 32.3 Å². The molecular formula is C17H16F2N2O5S. The minimum atomic E-state index is -4.73. The summed E-state index contributed by atoms with van der Waals surface area (Å²) in [6.45, 7) is 2.31. The number of sulfone groups is 1. The van der Waals surface area contributed by atoms with Crippen LogP contribution in [0.15, 0.2) is 53.4 Å². The second-order valence-corrected chi connectivity index (χ2v) is 7.11. The molecule has 0 saturated carbocycles. The highest BCUT2D eigenvalue weighted by molar-refractivity contribution is 7.91. The average molecular weight is 398 g/mol. The zero-order chi connectivity index (χ0) is 20.0. The number of hydrazine groups is 1. The molecule has 10 heteroatoms. The van der Waals surface area contributed by atoms with E-state index in [-0.39, 0.29) is 11.1 Å². The van der Waals surface area contributed by atoms with Gasteiger partial charge < -0.3 is 4.74 Å². The van der Waals surface area contributed by atoms with Crippen molar-refractivity contribution in [2.24, 2.45) is 0 Å². The molecule has 0 unspecified atom stereocenters. The van der Waals surface area contributed by atoms with Gasteiger partial charge in [-0.05, 0) is 55.5 Å². The van der Waals surface area contributed by atoms with Crippen LogP contribution in [0.5, 0.6) is 5.75 Å². The van der Waals surface area contributed by atoms with E-state index in [0.717, 1.165) is 24.3 Å². The van der Waals surface area contributed by atoms with Crippen molar-refractivity contribution in [3.63, 3.8) is 0 Å². The summed E-state index contributed by atoms with van der Waals surface area (Å²) in [6, 6.07) is 10.1. The van der Waals surface area contributed by atoms with Gasteiger partial charge in [0.2, 0.25) is 9.84 Å². The number of ether oxygens (including phenoxy) is 1. The molecule has 0 spiro atoms. The van der Waals surface area contributed by atoms with Gasteiger partial charge >= 0.3 is 5.76 Å². The van der Waals surface area contributed by atoms with Crippen molar-refractivity contribution in [1.29, 1.82) is 0 Å². The van der Waals surface area contributed by atoms with Gasteiger partial charge in [0.15, 0.2) is 0 Å². The van der Waals surface area contributed by atoms with Gasteiger partial charge in [0.25, 0.3) is 11.8 Å². The Bertz CT molecular complexity index is 913. The number of carbonyl (C=O) groups excluding carboxylic acids is 2. The van der Waals surface area contributed by atoms with Crippen LogP contribution in [0.25, 0.3) is 0 Å². The van der Waals surface area contributed by atoms with Gasteiger partial charge in [-0.2, -0.15) is 8.78 Å². The molecule has 0 saturated heterocycles. The number of alkyl halides is 2. The Morgan fingerprint density at radius 3 is 1.78 bits per heavy atom. The standard InChI is InChI=1S/C17H16F2N2O5S/c1-2-26-13-7-3-11(4-8-13)15(22)20-21-16(23)12-5-9-14(10-6-12)27(24,25)17(18)19/h3-10,17H,2H2,1H3,(H,20,22)(H,21,23). The quantitative estimate of drug-likeness (QED) is 0.726. The molecule has 7 nitrogen and oxygen atoms in total. The van der Waals surface area contributed by atoms with Gasteiger partial charge in [0.1, 0.15) is 5.75 Å². The van der Waals surface area contributed by atoms with Crippen molar-refractivity contribution in [3.05, 3.63) is 59.7 Å². The Hall–Kier alpha value is -3.01. The first kappa shape index (κ1) is 20.3. The van der Waals surface area contributed by atoms with Crippen molar-refractivity contribution in [3.8, 4) is 5.75 Å². The van der Waals surface area contributed by atoms with E-state index >= 15 is 0 Å². The molecule has 0 fully saturated rings. The topological polar surface area (TPSA) is 102 Å². The van der Waals surface area contributed by atoms with Gasteiger partial charge in [-0.15, -0.1) is 0 Å². The van der Waals surface area contributed by atoms with E-state index in [1.807, 2.05) is 6.92 Å². The van der Waals surface area contributed by atoms with Crippen molar-refractivity contribution in [1.82, 2.24) is 10.9 Å². The number of rotatable bonds is 6. The summed E-state index contributed by atoms with van der Waals surface area (Å²) in [5.74, 6) is -4.28. The van der Waals surface area contributed by atoms with Gasteiger partial charge in [-0.25, -0.2) is 8.42 Å². The molecule has 0 atom stereocenters. The minimum Gasteiger partial charge on any atom is -0.494 e. The van der Waals surface area contributed by atoms with Crippen LogP contribution in [-0.4, -0.2) is 32.6 Å². The third kappa shape index (κ3) is 5.00. The Morgan fingerprint density at radius 2 is 1.37 bits per heavy atom. The molecule has 27 heavy (non-hydrogen) atoms. The zero-order valence-electron chi connectivity index (χ0n) is 14.1. The first-order valence-corrected chi connectivity index (χ1v) is 9.26. The monoisotopic (exact) mass is 398 g/mol. The molecule has 0 aliphatic rings. The van der Waals surface area contributed by atoms with Crippen molar-refractivity contribution < 1.29 is 31.5 Å². The summed E-state index contributed by atoms with van der Waals surface area (Å²) in [5, 5.41) is 0. The lowest BCUT2D eigenvalue weighted by Gasteiger charge is -2.09. The minimum absolute atomic E-state index is 0.0183. The molecule has 2 N–H and O–H groups in total. The number of hydrogen-bond donors (Lipinski definition) is 2. The zero-order valence-corrected chi connectivity index (χ0v) is 14.9. The predicted molar refractivity (Wildman–Crippen MR) is 92.2 cm³/mol. The highest BCUT2D eigenvalue weighted by Crippen LogP contribution is 2.18. The third-order valence-electron chi connectivity index (χ3n) is 3.40. The smallest absolute Gasteiger partial charge is 0.341 e. The molecule has 2 amide bonds. The van der Waals surface area contributed by atoms with Crippen molar-refractivity contribution in [2.45, 2.75) is 17.6 Å². The van der Waals surface area contributed by atoms with E-state index in [9.17, 15) is 26.8 Å². The molecule has 2 aromatic carbocycles. The summed E-state index contributed by atoms with van der Waals surface area (Å²) in [5.41, 5.74) is 4.60. The fourth-order valence-electron chi connectivity index (χ4n) is 2.03. The largest absolute Gasteiger partial charge is 0.494 e. The lowest BCUT2D eigenvalue weighted by atomic mass is 10.2. The van der Waals surface area contributed by atoms with Crippen LogP contribution in [0.1, 0.15) is 27.6 Å². The molecule has 0 aliphatic carbocycles. The maximum Gasteiger partial charge on any atom is 0.341 e. The summed E-state index contributed by atoms with van der Waals surface area (Å²) in [4.78, 5) is 23.3. The Labute approximate surface area is 154 Å². The van der Waals surface area contributed by atoms with Crippen LogP contribution in [-0.2, 0) is 9.84 Å². The van der Waals surface area contributed by atoms with Crippen LogP contribution in [0, 0.1) is 0 Å². The fraction of sp³-hybridized carbons (Fsp3) is 0.176. The van der Waals surface area contributed by atoms with E-state index in [0.29, 0.717) is 12.4 Å². The molecule has 0 aliphatic heterocycles. The maximum absolute atomic E-state index is 12.5. The Kier molecular flexibility index (Phi) is 6.45. The summed E-state index contributed by atoms with van der Waals surface area (Å²) in [7, 11) is -4.73. The van der Waals surface area contributed by atoms with E-state index in [2.05, 4.69) is 10.9 Å². The average Bonchev–Trinajstić information content (AvgIpc) is 2.66. The number of amides is 2. The van der Waals surface area contributed by atoms with Gasteiger partial charge in [-0.3, -0.25) is 20.4 Å². The highest BCUT2D eigenvalue weighted by atomic mass is 32.2. The third-order valence-corrected chi connectivity index (χ3v) is 4.80. The fourth-order valence-corrected chi connectivity index (χ4v) is 2.75. The molecule has 0 bridgehead atoms.